The first-order valence-corrected chi connectivity index (χ1v) is 6.45. The number of aliphatic hydroxyl groups is 1. The molecule has 17 heavy (non-hydrogen) atoms. The van der Waals surface area contributed by atoms with E-state index in [1.165, 1.54) is 0 Å². The molecule has 1 aromatic carbocycles. The normalized spacial score (nSPS) is 16.7. The number of rotatable bonds is 3. The monoisotopic (exact) mass is 297 g/mol. The number of nitrogens with zero attached hydrogens (tertiary/aromatic N) is 1. The van der Waals surface area contributed by atoms with Gasteiger partial charge in [0.2, 0.25) is 5.91 Å². The summed E-state index contributed by atoms with van der Waals surface area (Å²) in [7, 11) is 1.77. The van der Waals surface area contributed by atoms with Crippen LogP contribution in [0.4, 0.5) is 5.69 Å². The molecule has 1 saturated carbocycles. The first-order valence-electron chi connectivity index (χ1n) is 5.65. The number of halogens is 1. The van der Waals surface area contributed by atoms with Crippen molar-refractivity contribution in [3.8, 4) is 0 Å². The summed E-state index contributed by atoms with van der Waals surface area (Å²) < 4.78 is 0.951. The molecule has 92 valence electrons. The van der Waals surface area contributed by atoms with Gasteiger partial charge in [-0.2, -0.15) is 0 Å². The molecule has 0 saturated heterocycles. The number of carbonyl (C=O) groups excluding carboxylic acids is 1. The molecule has 0 atom stereocenters. The SMILES string of the molecule is Cc1ccc(Br)cc1N(C)C(=O)C1(CO)CC1. The Balaban J connectivity index is 2.28. The molecule has 2 rings (SSSR count). The van der Waals surface area contributed by atoms with Crippen molar-refractivity contribution in [2.75, 3.05) is 18.6 Å². The topological polar surface area (TPSA) is 40.5 Å². The van der Waals surface area contributed by atoms with E-state index in [0.717, 1.165) is 28.6 Å². The van der Waals surface area contributed by atoms with Crippen molar-refractivity contribution in [2.24, 2.45) is 5.41 Å². The van der Waals surface area contributed by atoms with E-state index in [-0.39, 0.29) is 12.5 Å². The van der Waals surface area contributed by atoms with Crippen LogP contribution in [-0.2, 0) is 4.79 Å². The number of aryl methyl sites for hydroxylation is 1. The van der Waals surface area contributed by atoms with Crippen LogP contribution in [0.1, 0.15) is 18.4 Å². The molecule has 1 aliphatic rings. The highest BCUT2D eigenvalue weighted by Gasteiger charge is 2.50. The molecule has 1 amide bonds. The number of benzene rings is 1. The van der Waals surface area contributed by atoms with Gasteiger partial charge in [0.25, 0.3) is 0 Å². The fraction of sp³-hybridized carbons (Fsp3) is 0.462. The molecule has 1 aromatic rings. The summed E-state index contributed by atoms with van der Waals surface area (Å²) in [6.45, 7) is 1.92. The molecule has 1 aliphatic carbocycles. The molecule has 4 heteroatoms. The second kappa shape index (κ2) is 4.42. The van der Waals surface area contributed by atoms with Crippen LogP contribution in [0.3, 0.4) is 0 Å². The lowest BCUT2D eigenvalue weighted by molar-refractivity contribution is -0.124. The highest BCUT2D eigenvalue weighted by molar-refractivity contribution is 9.10. The van der Waals surface area contributed by atoms with Gasteiger partial charge in [0.15, 0.2) is 0 Å². The molecule has 0 aliphatic heterocycles. The third-order valence-corrected chi connectivity index (χ3v) is 3.94. The smallest absolute Gasteiger partial charge is 0.235 e. The summed E-state index contributed by atoms with van der Waals surface area (Å²) >= 11 is 3.41. The van der Waals surface area contributed by atoms with Crippen molar-refractivity contribution in [3.05, 3.63) is 28.2 Å². The molecule has 0 unspecified atom stereocenters. The molecule has 0 spiro atoms. The zero-order valence-electron chi connectivity index (χ0n) is 10.0. The Morgan fingerprint density at radius 1 is 1.53 bits per heavy atom. The van der Waals surface area contributed by atoms with Gasteiger partial charge in [-0.1, -0.05) is 22.0 Å². The van der Waals surface area contributed by atoms with Gasteiger partial charge in [-0.05, 0) is 37.5 Å². The summed E-state index contributed by atoms with van der Waals surface area (Å²) in [5.74, 6) is 0.0150. The minimum absolute atomic E-state index is 0.0150. The minimum atomic E-state index is -0.510. The first-order chi connectivity index (χ1) is 8.00. The number of carbonyl (C=O) groups is 1. The molecule has 1 N–H and O–H groups in total. The second-order valence-electron chi connectivity index (χ2n) is 4.73. The van der Waals surface area contributed by atoms with Crippen molar-refractivity contribution < 1.29 is 9.90 Å². The summed E-state index contributed by atoms with van der Waals surface area (Å²) in [4.78, 5) is 13.9. The van der Waals surface area contributed by atoms with Crippen molar-refractivity contribution >= 4 is 27.5 Å². The van der Waals surface area contributed by atoms with Gasteiger partial charge in [-0.15, -0.1) is 0 Å². The summed E-state index contributed by atoms with van der Waals surface area (Å²) in [6, 6.07) is 5.86. The van der Waals surface area contributed by atoms with Crippen molar-refractivity contribution in [2.45, 2.75) is 19.8 Å². The predicted octanol–water partition coefficient (Wildman–Crippen LogP) is 2.49. The first kappa shape index (κ1) is 12.6. The van der Waals surface area contributed by atoms with Gasteiger partial charge in [0, 0.05) is 17.2 Å². The standard InChI is InChI=1S/C13H16BrNO2/c1-9-3-4-10(14)7-11(9)15(2)12(17)13(8-16)5-6-13/h3-4,7,16H,5-6,8H2,1-2H3. The quantitative estimate of drug-likeness (QED) is 0.931. The Kier molecular flexibility index (Phi) is 3.27. The van der Waals surface area contributed by atoms with Gasteiger partial charge in [-0.25, -0.2) is 0 Å². The Bertz CT molecular complexity index is 455. The highest BCUT2D eigenvalue weighted by atomic mass is 79.9. The average molecular weight is 298 g/mol. The third-order valence-electron chi connectivity index (χ3n) is 3.45. The lowest BCUT2D eigenvalue weighted by atomic mass is 10.1. The van der Waals surface area contributed by atoms with Crippen LogP contribution in [0.25, 0.3) is 0 Å². The lowest BCUT2D eigenvalue weighted by Crippen LogP contribution is -2.36. The molecule has 0 bridgehead atoms. The van der Waals surface area contributed by atoms with Crippen molar-refractivity contribution in [1.29, 1.82) is 0 Å². The van der Waals surface area contributed by atoms with Crippen LogP contribution in [-0.4, -0.2) is 24.7 Å². The predicted molar refractivity (Wildman–Crippen MR) is 71.0 cm³/mol. The number of amides is 1. The van der Waals surface area contributed by atoms with Gasteiger partial charge in [0.05, 0.1) is 12.0 Å². The molecular weight excluding hydrogens is 282 g/mol. The van der Waals surface area contributed by atoms with E-state index in [1.807, 2.05) is 25.1 Å². The van der Waals surface area contributed by atoms with Gasteiger partial charge in [-0.3, -0.25) is 4.79 Å². The van der Waals surface area contributed by atoms with E-state index in [4.69, 9.17) is 0 Å². The van der Waals surface area contributed by atoms with Crippen molar-refractivity contribution in [1.82, 2.24) is 0 Å². The van der Waals surface area contributed by atoms with Gasteiger partial charge < -0.3 is 10.0 Å². The van der Waals surface area contributed by atoms with Crippen LogP contribution in [0.15, 0.2) is 22.7 Å². The maximum Gasteiger partial charge on any atom is 0.235 e. The molecular formula is C13H16BrNO2. The second-order valence-corrected chi connectivity index (χ2v) is 5.65. The fourth-order valence-electron chi connectivity index (χ4n) is 2.00. The molecule has 0 radical (unpaired) electrons. The van der Waals surface area contributed by atoms with E-state index in [0.29, 0.717) is 0 Å². The summed E-state index contributed by atoms with van der Waals surface area (Å²) in [5.41, 5.74) is 1.44. The van der Waals surface area contributed by atoms with E-state index >= 15 is 0 Å². The molecule has 0 heterocycles. The van der Waals surface area contributed by atoms with E-state index in [2.05, 4.69) is 15.9 Å². The number of anilines is 1. The van der Waals surface area contributed by atoms with E-state index in [9.17, 15) is 9.90 Å². The number of aliphatic hydroxyl groups excluding tert-OH is 1. The van der Waals surface area contributed by atoms with Gasteiger partial charge in [0.1, 0.15) is 0 Å². The minimum Gasteiger partial charge on any atom is -0.395 e. The molecule has 3 nitrogen and oxygen atoms in total. The number of hydrogen-bond acceptors (Lipinski definition) is 2. The number of hydrogen-bond donors (Lipinski definition) is 1. The zero-order chi connectivity index (χ0) is 12.6. The zero-order valence-corrected chi connectivity index (χ0v) is 11.6. The maximum absolute atomic E-state index is 12.3. The van der Waals surface area contributed by atoms with Crippen LogP contribution < -0.4 is 4.90 Å². The van der Waals surface area contributed by atoms with Crippen LogP contribution in [0.5, 0.6) is 0 Å². The Morgan fingerprint density at radius 2 is 2.18 bits per heavy atom. The molecule has 1 fully saturated rings. The molecule has 0 aromatic heterocycles. The fourth-order valence-corrected chi connectivity index (χ4v) is 2.35. The van der Waals surface area contributed by atoms with Crippen LogP contribution in [0, 0.1) is 12.3 Å². The highest BCUT2D eigenvalue weighted by Crippen LogP contribution is 2.47. The average Bonchev–Trinajstić information content (AvgIpc) is 3.11. The Hall–Kier alpha value is -0.870. The van der Waals surface area contributed by atoms with Crippen molar-refractivity contribution in [3.63, 3.8) is 0 Å². The van der Waals surface area contributed by atoms with Crippen LogP contribution >= 0.6 is 15.9 Å². The third kappa shape index (κ3) is 2.24. The lowest BCUT2D eigenvalue weighted by Gasteiger charge is -2.24. The summed E-state index contributed by atoms with van der Waals surface area (Å²) in [5, 5.41) is 9.29. The van der Waals surface area contributed by atoms with Crippen LogP contribution in [0.2, 0.25) is 0 Å². The Morgan fingerprint density at radius 3 is 2.71 bits per heavy atom. The van der Waals surface area contributed by atoms with E-state index < -0.39 is 5.41 Å². The maximum atomic E-state index is 12.3. The largest absolute Gasteiger partial charge is 0.395 e. The van der Waals surface area contributed by atoms with E-state index in [1.54, 1.807) is 11.9 Å². The summed E-state index contributed by atoms with van der Waals surface area (Å²) in [6.07, 6.45) is 1.58. The van der Waals surface area contributed by atoms with Gasteiger partial charge >= 0.3 is 0 Å². The Labute approximate surface area is 110 Å².